The zero-order valence-electron chi connectivity index (χ0n) is 15.4. The van der Waals surface area contributed by atoms with Gasteiger partial charge < -0.3 is 14.7 Å². The van der Waals surface area contributed by atoms with Crippen LogP contribution in [0.4, 0.5) is 11.6 Å². The summed E-state index contributed by atoms with van der Waals surface area (Å²) in [6, 6.07) is 9.66. The fourth-order valence-corrected chi connectivity index (χ4v) is 3.90. The van der Waals surface area contributed by atoms with Gasteiger partial charge in [-0.2, -0.15) is 0 Å². The first-order valence-electron chi connectivity index (χ1n) is 9.58. The number of anilines is 2. The lowest BCUT2D eigenvalue weighted by Gasteiger charge is -2.36. The van der Waals surface area contributed by atoms with Crippen molar-refractivity contribution in [3.8, 4) is 0 Å². The number of amides is 1. The molecule has 2 aliphatic heterocycles. The third-order valence-electron chi connectivity index (χ3n) is 5.24. The second kappa shape index (κ2) is 8.13. The molecule has 0 atom stereocenters. The van der Waals surface area contributed by atoms with E-state index in [0.717, 1.165) is 62.8 Å². The molecule has 0 aliphatic carbocycles. The van der Waals surface area contributed by atoms with E-state index in [2.05, 4.69) is 25.8 Å². The number of nitrogens with zero attached hydrogens (tertiary/aromatic N) is 5. The molecule has 3 heterocycles. The van der Waals surface area contributed by atoms with Crippen LogP contribution in [0.25, 0.3) is 0 Å². The van der Waals surface area contributed by atoms with Crippen LogP contribution in [0.5, 0.6) is 0 Å². The van der Waals surface area contributed by atoms with Crippen LogP contribution in [0.2, 0.25) is 5.02 Å². The van der Waals surface area contributed by atoms with Gasteiger partial charge in [-0.25, -0.2) is 9.97 Å². The highest BCUT2D eigenvalue weighted by Gasteiger charge is 2.23. The average molecular weight is 386 g/mol. The van der Waals surface area contributed by atoms with Gasteiger partial charge in [-0.05, 0) is 43.5 Å². The summed E-state index contributed by atoms with van der Waals surface area (Å²) in [5.41, 5.74) is 1.64. The molecule has 0 spiro atoms. The lowest BCUT2D eigenvalue weighted by molar-refractivity contribution is 0.0718. The van der Waals surface area contributed by atoms with E-state index in [0.29, 0.717) is 11.6 Å². The van der Waals surface area contributed by atoms with E-state index in [1.54, 1.807) is 12.3 Å². The highest BCUT2D eigenvalue weighted by molar-refractivity contribution is 6.30. The molecule has 0 N–H and O–H groups in total. The highest BCUT2D eigenvalue weighted by Crippen LogP contribution is 2.22. The van der Waals surface area contributed by atoms with Crippen LogP contribution in [0.15, 0.2) is 36.5 Å². The summed E-state index contributed by atoms with van der Waals surface area (Å²) < 4.78 is 0. The number of hydrogen-bond acceptors (Lipinski definition) is 5. The number of aromatic nitrogens is 2. The van der Waals surface area contributed by atoms with E-state index in [1.165, 1.54) is 6.42 Å². The van der Waals surface area contributed by atoms with E-state index in [1.807, 2.05) is 23.1 Å². The molecule has 0 radical (unpaired) electrons. The Balaban J connectivity index is 1.42. The Morgan fingerprint density at radius 3 is 2.41 bits per heavy atom. The number of piperidine rings is 1. The molecule has 2 fully saturated rings. The minimum atomic E-state index is 0.0240. The van der Waals surface area contributed by atoms with Crippen molar-refractivity contribution in [3.05, 3.63) is 47.2 Å². The Morgan fingerprint density at radius 1 is 0.926 bits per heavy atom. The Kier molecular flexibility index (Phi) is 5.43. The zero-order chi connectivity index (χ0) is 18.6. The molecule has 0 unspecified atom stereocenters. The molecule has 0 saturated carbocycles. The number of likely N-dealkylation sites (tertiary alicyclic amines) is 1. The number of rotatable bonds is 3. The standard InChI is InChI=1S/C20H24ClN5O/c21-16-5-4-6-17(15-16)24-11-13-26(14-12-24)20-22-8-7-18(23-20)19(27)25-9-2-1-3-10-25/h4-8,15H,1-3,9-14H2. The first-order chi connectivity index (χ1) is 13.2. The zero-order valence-corrected chi connectivity index (χ0v) is 16.1. The molecule has 2 saturated heterocycles. The predicted octanol–water partition coefficient (Wildman–Crippen LogP) is 3.08. The lowest BCUT2D eigenvalue weighted by atomic mass is 10.1. The maximum Gasteiger partial charge on any atom is 0.272 e. The van der Waals surface area contributed by atoms with E-state index in [9.17, 15) is 4.79 Å². The number of piperazine rings is 1. The van der Waals surface area contributed by atoms with Crippen LogP contribution in [-0.4, -0.2) is 60.0 Å². The molecule has 142 valence electrons. The van der Waals surface area contributed by atoms with Crippen LogP contribution in [0.1, 0.15) is 29.8 Å². The molecule has 6 nitrogen and oxygen atoms in total. The summed E-state index contributed by atoms with van der Waals surface area (Å²) in [7, 11) is 0. The van der Waals surface area contributed by atoms with Crippen LogP contribution >= 0.6 is 11.6 Å². The van der Waals surface area contributed by atoms with Gasteiger partial charge in [0.15, 0.2) is 0 Å². The molecule has 2 aromatic rings. The number of carbonyl (C=O) groups is 1. The molecule has 7 heteroatoms. The van der Waals surface area contributed by atoms with Gasteiger partial charge in [0.2, 0.25) is 5.95 Å². The van der Waals surface area contributed by atoms with Gasteiger partial charge in [-0.15, -0.1) is 0 Å². The van der Waals surface area contributed by atoms with Crippen molar-refractivity contribution in [2.75, 3.05) is 49.1 Å². The van der Waals surface area contributed by atoms with Crippen molar-refractivity contribution in [2.45, 2.75) is 19.3 Å². The van der Waals surface area contributed by atoms with Gasteiger partial charge in [-0.3, -0.25) is 4.79 Å². The molecule has 4 rings (SSSR count). The van der Waals surface area contributed by atoms with Crippen LogP contribution in [0.3, 0.4) is 0 Å². The van der Waals surface area contributed by atoms with Crippen molar-refractivity contribution in [3.63, 3.8) is 0 Å². The van der Waals surface area contributed by atoms with Crippen LogP contribution in [-0.2, 0) is 0 Å². The van der Waals surface area contributed by atoms with Crippen LogP contribution < -0.4 is 9.80 Å². The molecular weight excluding hydrogens is 362 g/mol. The lowest BCUT2D eigenvalue weighted by Crippen LogP contribution is -2.47. The first kappa shape index (κ1) is 18.0. The molecule has 0 bridgehead atoms. The Labute approximate surface area is 164 Å². The Morgan fingerprint density at radius 2 is 1.67 bits per heavy atom. The van der Waals surface area contributed by atoms with E-state index in [-0.39, 0.29) is 5.91 Å². The fourth-order valence-electron chi connectivity index (χ4n) is 3.72. The summed E-state index contributed by atoms with van der Waals surface area (Å²) >= 11 is 6.11. The number of benzene rings is 1. The van der Waals surface area contributed by atoms with Gasteiger partial charge in [0.1, 0.15) is 5.69 Å². The second-order valence-corrected chi connectivity index (χ2v) is 7.49. The number of carbonyl (C=O) groups excluding carboxylic acids is 1. The SMILES string of the molecule is O=C(c1ccnc(N2CCN(c3cccc(Cl)c3)CC2)n1)N1CCCCC1. The predicted molar refractivity (Wildman–Crippen MR) is 108 cm³/mol. The quantitative estimate of drug-likeness (QED) is 0.812. The average Bonchev–Trinajstić information content (AvgIpc) is 2.74. The Hall–Kier alpha value is -2.34. The van der Waals surface area contributed by atoms with E-state index >= 15 is 0 Å². The number of halogens is 1. The van der Waals surface area contributed by atoms with Crippen LogP contribution in [0, 0.1) is 0 Å². The highest BCUT2D eigenvalue weighted by atomic mass is 35.5. The molecule has 2 aliphatic rings. The third kappa shape index (κ3) is 4.16. The van der Waals surface area contributed by atoms with Gasteiger partial charge in [0.25, 0.3) is 5.91 Å². The fraction of sp³-hybridized carbons (Fsp3) is 0.450. The molecular formula is C20H24ClN5O. The normalized spacial score (nSPS) is 17.9. The Bertz CT molecular complexity index is 800. The molecule has 1 aromatic carbocycles. The largest absolute Gasteiger partial charge is 0.368 e. The summed E-state index contributed by atoms with van der Waals surface area (Å²) in [6.45, 7) is 5.02. The van der Waals surface area contributed by atoms with Gasteiger partial charge in [0, 0.05) is 56.2 Å². The van der Waals surface area contributed by atoms with Crippen molar-refractivity contribution in [2.24, 2.45) is 0 Å². The van der Waals surface area contributed by atoms with Crippen molar-refractivity contribution in [1.29, 1.82) is 0 Å². The smallest absolute Gasteiger partial charge is 0.272 e. The van der Waals surface area contributed by atoms with Gasteiger partial charge >= 0.3 is 0 Å². The minimum absolute atomic E-state index is 0.0240. The topological polar surface area (TPSA) is 52.6 Å². The molecule has 1 aromatic heterocycles. The molecule has 1 amide bonds. The summed E-state index contributed by atoms with van der Waals surface area (Å²) in [6.07, 6.45) is 5.06. The van der Waals surface area contributed by atoms with E-state index < -0.39 is 0 Å². The van der Waals surface area contributed by atoms with Gasteiger partial charge in [0.05, 0.1) is 0 Å². The molecule has 27 heavy (non-hydrogen) atoms. The van der Waals surface area contributed by atoms with E-state index in [4.69, 9.17) is 11.6 Å². The monoisotopic (exact) mass is 385 g/mol. The minimum Gasteiger partial charge on any atom is -0.368 e. The third-order valence-corrected chi connectivity index (χ3v) is 5.48. The maximum atomic E-state index is 12.7. The summed E-state index contributed by atoms with van der Waals surface area (Å²) in [5, 5.41) is 0.752. The summed E-state index contributed by atoms with van der Waals surface area (Å²) in [4.78, 5) is 28.0. The van der Waals surface area contributed by atoms with Crippen molar-refractivity contribution >= 4 is 29.1 Å². The van der Waals surface area contributed by atoms with Gasteiger partial charge in [-0.1, -0.05) is 17.7 Å². The maximum absolute atomic E-state index is 12.7. The van der Waals surface area contributed by atoms with Crippen molar-refractivity contribution in [1.82, 2.24) is 14.9 Å². The second-order valence-electron chi connectivity index (χ2n) is 7.05. The van der Waals surface area contributed by atoms with Crippen molar-refractivity contribution < 1.29 is 4.79 Å². The first-order valence-corrected chi connectivity index (χ1v) is 9.96. The number of hydrogen-bond donors (Lipinski definition) is 0. The summed E-state index contributed by atoms with van der Waals surface area (Å²) in [5.74, 6) is 0.666.